The van der Waals surface area contributed by atoms with Crippen molar-refractivity contribution in [1.29, 1.82) is 0 Å². The SMILES string of the molecule is Cc1cc(C)cc(N(CC(=O)NCCSCc2c(Cl)cccc2Cl)S(C)(=O)=O)c1. The number of nitrogens with zero attached hydrogens (tertiary/aromatic N) is 1. The van der Waals surface area contributed by atoms with Gasteiger partial charge in [0.05, 0.1) is 11.9 Å². The fourth-order valence-electron chi connectivity index (χ4n) is 2.79. The monoisotopic (exact) mass is 474 g/mol. The maximum absolute atomic E-state index is 12.3. The van der Waals surface area contributed by atoms with Crippen molar-refractivity contribution < 1.29 is 13.2 Å². The Morgan fingerprint density at radius 1 is 1.10 bits per heavy atom. The van der Waals surface area contributed by atoms with E-state index in [1.54, 1.807) is 42.1 Å². The first kappa shape index (κ1) is 23.9. The molecular weight excluding hydrogens is 451 g/mol. The van der Waals surface area contributed by atoms with E-state index in [0.717, 1.165) is 27.3 Å². The van der Waals surface area contributed by atoms with E-state index in [9.17, 15) is 13.2 Å². The molecule has 0 unspecified atom stereocenters. The minimum atomic E-state index is -3.59. The Balaban J connectivity index is 1.89. The van der Waals surface area contributed by atoms with Gasteiger partial charge < -0.3 is 5.32 Å². The van der Waals surface area contributed by atoms with Crippen LogP contribution in [0.5, 0.6) is 0 Å². The van der Waals surface area contributed by atoms with Gasteiger partial charge in [-0.3, -0.25) is 9.10 Å². The third-order valence-electron chi connectivity index (χ3n) is 4.06. The van der Waals surface area contributed by atoms with Crippen molar-refractivity contribution in [2.75, 3.05) is 29.4 Å². The average Bonchev–Trinajstić information content (AvgIpc) is 2.59. The standard InChI is InChI=1S/C20H24Cl2N2O3S2/c1-14-9-15(2)11-16(10-14)24(29(3,26)27)12-20(25)23-7-8-28-13-17-18(21)5-4-6-19(17)22/h4-6,9-11H,7-8,12-13H2,1-3H3,(H,23,25). The van der Waals surface area contributed by atoms with E-state index in [2.05, 4.69) is 5.32 Å². The number of rotatable bonds is 9. The number of hydrogen-bond donors (Lipinski definition) is 1. The first-order valence-corrected chi connectivity index (χ1v) is 12.7. The summed E-state index contributed by atoms with van der Waals surface area (Å²) in [5.74, 6) is 0.924. The highest BCUT2D eigenvalue weighted by Gasteiger charge is 2.21. The van der Waals surface area contributed by atoms with E-state index in [4.69, 9.17) is 23.2 Å². The molecular formula is C20H24Cl2N2O3S2. The van der Waals surface area contributed by atoms with E-state index in [1.807, 2.05) is 19.9 Å². The molecule has 0 aliphatic rings. The second-order valence-corrected chi connectivity index (χ2v) is 10.5. The van der Waals surface area contributed by atoms with Crippen molar-refractivity contribution in [3.8, 4) is 0 Å². The molecule has 29 heavy (non-hydrogen) atoms. The first-order valence-electron chi connectivity index (χ1n) is 8.91. The van der Waals surface area contributed by atoms with Crippen LogP contribution in [0.2, 0.25) is 10.0 Å². The lowest BCUT2D eigenvalue weighted by Crippen LogP contribution is -2.41. The van der Waals surface area contributed by atoms with Crippen LogP contribution in [0, 0.1) is 13.8 Å². The zero-order valence-electron chi connectivity index (χ0n) is 16.5. The summed E-state index contributed by atoms with van der Waals surface area (Å²) in [7, 11) is -3.59. The molecule has 0 saturated carbocycles. The molecule has 9 heteroatoms. The predicted octanol–water partition coefficient (Wildman–Crippen LogP) is 4.43. The lowest BCUT2D eigenvalue weighted by Gasteiger charge is -2.22. The number of anilines is 1. The molecule has 2 rings (SSSR count). The molecule has 2 aromatic carbocycles. The van der Waals surface area contributed by atoms with Crippen LogP contribution in [0.1, 0.15) is 16.7 Å². The Hall–Kier alpha value is -1.41. The zero-order valence-corrected chi connectivity index (χ0v) is 19.7. The van der Waals surface area contributed by atoms with Crippen LogP contribution in [0.4, 0.5) is 5.69 Å². The van der Waals surface area contributed by atoms with Crippen molar-refractivity contribution in [3.05, 3.63) is 63.1 Å². The Labute approximate surface area is 186 Å². The number of hydrogen-bond acceptors (Lipinski definition) is 4. The second kappa shape index (κ2) is 10.6. The van der Waals surface area contributed by atoms with Gasteiger partial charge in [0.15, 0.2) is 0 Å². The third-order valence-corrected chi connectivity index (χ3v) is 6.89. The molecule has 0 saturated heterocycles. The van der Waals surface area contributed by atoms with Gasteiger partial charge in [-0.2, -0.15) is 11.8 Å². The van der Waals surface area contributed by atoms with Crippen LogP contribution in [0.3, 0.4) is 0 Å². The van der Waals surface area contributed by atoms with Gasteiger partial charge >= 0.3 is 0 Å². The molecule has 0 bridgehead atoms. The van der Waals surface area contributed by atoms with Gasteiger partial charge in [0, 0.05) is 28.1 Å². The van der Waals surface area contributed by atoms with Gasteiger partial charge in [-0.05, 0) is 54.8 Å². The van der Waals surface area contributed by atoms with Crippen LogP contribution in [0.25, 0.3) is 0 Å². The zero-order chi connectivity index (χ0) is 21.6. The Morgan fingerprint density at radius 2 is 1.69 bits per heavy atom. The maximum atomic E-state index is 12.3. The summed E-state index contributed by atoms with van der Waals surface area (Å²) >= 11 is 13.9. The van der Waals surface area contributed by atoms with Crippen LogP contribution >= 0.6 is 35.0 Å². The number of carbonyl (C=O) groups is 1. The fraction of sp³-hybridized carbons (Fsp3) is 0.350. The number of carbonyl (C=O) groups excluding carboxylic acids is 1. The highest BCUT2D eigenvalue weighted by Crippen LogP contribution is 2.28. The maximum Gasteiger partial charge on any atom is 0.240 e. The van der Waals surface area contributed by atoms with Crippen molar-refractivity contribution in [2.24, 2.45) is 0 Å². The number of benzene rings is 2. The van der Waals surface area contributed by atoms with E-state index in [-0.39, 0.29) is 12.5 Å². The van der Waals surface area contributed by atoms with Crippen molar-refractivity contribution >= 4 is 56.6 Å². The Bertz CT molecular complexity index is 941. The summed E-state index contributed by atoms with van der Waals surface area (Å²) in [4.78, 5) is 12.3. The van der Waals surface area contributed by atoms with E-state index < -0.39 is 10.0 Å². The topological polar surface area (TPSA) is 66.5 Å². The summed E-state index contributed by atoms with van der Waals surface area (Å²) < 4.78 is 25.5. The molecule has 0 aliphatic carbocycles. The van der Waals surface area contributed by atoms with Crippen molar-refractivity contribution in [3.63, 3.8) is 0 Å². The van der Waals surface area contributed by atoms with Gasteiger partial charge in [-0.1, -0.05) is 35.3 Å². The van der Waals surface area contributed by atoms with Crippen LogP contribution < -0.4 is 9.62 Å². The van der Waals surface area contributed by atoms with E-state index >= 15 is 0 Å². The van der Waals surface area contributed by atoms with Crippen LogP contribution in [-0.4, -0.2) is 39.4 Å². The predicted molar refractivity (Wildman–Crippen MR) is 124 cm³/mol. The third kappa shape index (κ3) is 7.41. The number of amides is 1. The Kier molecular flexibility index (Phi) is 8.70. The molecule has 0 fully saturated rings. The molecule has 0 heterocycles. The molecule has 1 amide bonds. The number of sulfonamides is 1. The average molecular weight is 475 g/mol. The number of halogens is 2. The summed E-state index contributed by atoms with van der Waals surface area (Å²) in [6.07, 6.45) is 1.10. The smallest absolute Gasteiger partial charge is 0.240 e. The second-order valence-electron chi connectivity index (χ2n) is 6.72. The molecule has 0 radical (unpaired) electrons. The summed E-state index contributed by atoms with van der Waals surface area (Å²) in [5, 5.41) is 4.00. The Morgan fingerprint density at radius 3 is 2.24 bits per heavy atom. The van der Waals surface area contributed by atoms with Crippen LogP contribution in [0.15, 0.2) is 36.4 Å². The number of nitrogens with one attached hydrogen (secondary N) is 1. The molecule has 0 aromatic heterocycles. The highest BCUT2D eigenvalue weighted by atomic mass is 35.5. The van der Waals surface area contributed by atoms with E-state index in [0.29, 0.717) is 33.8 Å². The lowest BCUT2D eigenvalue weighted by atomic mass is 10.1. The lowest BCUT2D eigenvalue weighted by molar-refractivity contribution is -0.119. The van der Waals surface area contributed by atoms with Gasteiger partial charge in [0.2, 0.25) is 15.9 Å². The summed E-state index contributed by atoms with van der Waals surface area (Å²) in [5.41, 5.74) is 3.22. The molecule has 2 aromatic rings. The molecule has 5 nitrogen and oxygen atoms in total. The number of aryl methyl sites for hydroxylation is 2. The minimum absolute atomic E-state index is 0.261. The first-order chi connectivity index (χ1) is 13.6. The molecule has 158 valence electrons. The minimum Gasteiger partial charge on any atom is -0.354 e. The normalized spacial score (nSPS) is 11.3. The summed E-state index contributed by atoms with van der Waals surface area (Å²) in [6, 6.07) is 10.8. The van der Waals surface area contributed by atoms with Crippen molar-refractivity contribution in [1.82, 2.24) is 5.32 Å². The van der Waals surface area contributed by atoms with Crippen LogP contribution in [-0.2, 0) is 20.6 Å². The van der Waals surface area contributed by atoms with Gasteiger partial charge in [-0.25, -0.2) is 8.42 Å². The van der Waals surface area contributed by atoms with Gasteiger partial charge in [0.25, 0.3) is 0 Å². The largest absolute Gasteiger partial charge is 0.354 e. The molecule has 1 N–H and O–H groups in total. The van der Waals surface area contributed by atoms with Gasteiger partial charge in [0.1, 0.15) is 6.54 Å². The quantitative estimate of drug-likeness (QED) is 0.545. The highest BCUT2D eigenvalue weighted by molar-refractivity contribution is 7.98. The number of thioether (sulfide) groups is 1. The molecule has 0 spiro atoms. The summed E-state index contributed by atoms with van der Waals surface area (Å²) in [6.45, 7) is 3.93. The van der Waals surface area contributed by atoms with E-state index in [1.165, 1.54) is 0 Å². The molecule has 0 aliphatic heterocycles. The van der Waals surface area contributed by atoms with Gasteiger partial charge in [-0.15, -0.1) is 0 Å². The fourth-order valence-corrected chi connectivity index (χ4v) is 5.22. The van der Waals surface area contributed by atoms with Crippen molar-refractivity contribution in [2.45, 2.75) is 19.6 Å². The molecule has 0 atom stereocenters.